The summed E-state index contributed by atoms with van der Waals surface area (Å²) in [5, 5.41) is 1.86. The third-order valence-electron chi connectivity index (χ3n) is 6.16. The van der Waals surface area contributed by atoms with Gasteiger partial charge in [0.15, 0.2) is 0 Å². The molecule has 34 heavy (non-hydrogen) atoms. The fourth-order valence-electron chi connectivity index (χ4n) is 4.61. The molecule has 0 fully saturated rings. The summed E-state index contributed by atoms with van der Waals surface area (Å²) in [6.07, 6.45) is 6.92. The number of halogens is 2. The quantitative estimate of drug-likeness (QED) is 0.377. The molecule has 1 aliphatic rings. The van der Waals surface area contributed by atoms with Gasteiger partial charge in [0.1, 0.15) is 11.6 Å². The predicted octanol–water partition coefficient (Wildman–Crippen LogP) is 5.16. The zero-order valence-electron chi connectivity index (χ0n) is 18.8. The third kappa shape index (κ3) is 4.24. The summed E-state index contributed by atoms with van der Waals surface area (Å²) in [5.41, 5.74) is 16.3. The minimum atomic E-state index is -0.321. The normalized spacial score (nSPS) is 17.1. The summed E-state index contributed by atoms with van der Waals surface area (Å²) in [4.78, 5) is 9.14. The molecule has 2 atom stereocenters. The van der Waals surface area contributed by atoms with Crippen molar-refractivity contribution < 1.29 is 4.39 Å². The molecule has 8 heteroatoms. The monoisotopic (exact) mass is 476 g/mol. The minimum Gasteiger partial charge on any atom is -0.397 e. The molecule has 2 aromatic carbocycles. The van der Waals surface area contributed by atoms with E-state index in [1.54, 1.807) is 31.3 Å². The first-order chi connectivity index (χ1) is 16.4. The number of aromatic nitrogens is 3. The summed E-state index contributed by atoms with van der Waals surface area (Å²) in [6, 6.07) is 14.5. The van der Waals surface area contributed by atoms with Crippen LogP contribution in [0.15, 0.2) is 65.8 Å². The average Bonchev–Trinajstić information content (AvgIpc) is 3.48. The SMILES string of the molecule is CC(N)N=C/C=C(\N)c1c(-c2ccc(F)cc2)nc2n1C(Cn1ccc3ccc(Cl)cc31)CC2. The summed E-state index contributed by atoms with van der Waals surface area (Å²) < 4.78 is 18.0. The predicted molar refractivity (Wildman–Crippen MR) is 136 cm³/mol. The fraction of sp³-hybridized carbons (Fsp3) is 0.231. The minimum absolute atomic E-state index is 0.151. The average molecular weight is 477 g/mol. The van der Waals surface area contributed by atoms with E-state index in [4.69, 9.17) is 28.1 Å². The van der Waals surface area contributed by atoms with Crippen molar-refractivity contribution in [2.24, 2.45) is 16.5 Å². The van der Waals surface area contributed by atoms with Gasteiger partial charge in [-0.25, -0.2) is 9.37 Å². The first-order valence-corrected chi connectivity index (χ1v) is 11.6. The van der Waals surface area contributed by atoms with Crippen molar-refractivity contribution in [3.63, 3.8) is 0 Å². The zero-order chi connectivity index (χ0) is 23.8. The smallest absolute Gasteiger partial charge is 0.123 e. The second-order valence-electron chi connectivity index (χ2n) is 8.63. The summed E-state index contributed by atoms with van der Waals surface area (Å²) in [6.45, 7) is 2.55. The Hall–Kier alpha value is -3.42. The van der Waals surface area contributed by atoms with E-state index >= 15 is 0 Å². The van der Waals surface area contributed by atoms with Crippen LogP contribution in [0.5, 0.6) is 0 Å². The number of aryl methyl sites for hydroxylation is 1. The lowest BCUT2D eigenvalue weighted by molar-refractivity contribution is 0.454. The third-order valence-corrected chi connectivity index (χ3v) is 6.40. The van der Waals surface area contributed by atoms with Gasteiger partial charge in [-0.1, -0.05) is 17.7 Å². The fourth-order valence-corrected chi connectivity index (χ4v) is 4.78. The molecule has 0 spiro atoms. The van der Waals surface area contributed by atoms with Crippen LogP contribution in [0.3, 0.4) is 0 Å². The van der Waals surface area contributed by atoms with Crippen LogP contribution >= 0.6 is 11.6 Å². The van der Waals surface area contributed by atoms with Gasteiger partial charge in [-0.15, -0.1) is 0 Å². The summed E-state index contributed by atoms with van der Waals surface area (Å²) >= 11 is 6.26. The molecule has 0 saturated heterocycles. The number of benzene rings is 2. The van der Waals surface area contributed by atoms with Crippen LogP contribution in [0.2, 0.25) is 5.02 Å². The van der Waals surface area contributed by atoms with E-state index < -0.39 is 0 Å². The van der Waals surface area contributed by atoms with Gasteiger partial charge < -0.3 is 20.6 Å². The molecule has 174 valence electrons. The molecular formula is C26H26ClFN6. The van der Waals surface area contributed by atoms with Crippen LogP contribution in [-0.2, 0) is 13.0 Å². The highest BCUT2D eigenvalue weighted by molar-refractivity contribution is 6.31. The Morgan fingerprint density at radius 1 is 1.26 bits per heavy atom. The van der Waals surface area contributed by atoms with Gasteiger partial charge in [-0.05, 0) is 67.3 Å². The number of hydrogen-bond acceptors (Lipinski definition) is 4. The van der Waals surface area contributed by atoms with Crippen LogP contribution in [0.1, 0.15) is 30.9 Å². The van der Waals surface area contributed by atoms with Crippen LogP contribution < -0.4 is 11.5 Å². The molecule has 3 heterocycles. The maximum Gasteiger partial charge on any atom is 0.123 e. The Bertz CT molecular complexity index is 1400. The van der Waals surface area contributed by atoms with E-state index in [1.165, 1.54) is 12.1 Å². The second-order valence-corrected chi connectivity index (χ2v) is 9.06. The Labute approximate surface area is 202 Å². The Morgan fingerprint density at radius 3 is 2.82 bits per heavy atom. The van der Waals surface area contributed by atoms with E-state index in [-0.39, 0.29) is 18.0 Å². The highest BCUT2D eigenvalue weighted by atomic mass is 35.5. The maximum atomic E-state index is 13.6. The first-order valence-electron chi connectivity index (χ1n) is 11.3. The van der Waals surface area contributed by atoms with Crippen molar-refractivity contribution in [1.29, 1.82) is 0 Å². The van der Waals surface area contributed by atoms with E-state index in [0.717, 1.165) is 53.1 Å². The van der Waals surface area contributed by atoms with E-state index in [1.807, 2.05) is 18.2 Å². The number of imidazole rings is 1. The first kappa shape index (κ1) is 22.4. The molecule has 4 N–H and O–H groups in total. The molecule has 0 radical (unpaired) electrons. The van der Waals surface area contributed by atoms with Gasteiger partial charge in [0, 0.05) is 41.5 Å². The molecule has 2 aromatic heterocycles. The van der Waals surface area contributed by atoms with E-state index in [0.29, 0.717) is 10.7 Å². The van der Waals surface area contributed by atoms with Crippen molar-refractivity contribution in [3.05, 3.63) is 83.2 Å². The molecule has 0 amide bonds. The van der Waals surface area contributed by atoms with Crippen LogP contribution in [0.25, 0.3) is 27.9 Å². The van der Waals surface area contributed by atoms with Crippen molar-refractivity contribution in [2.75, 3.05) is 0 Å². The van der Waals surface area contributed by atoms with Gasteiger partial charge in [0.05, 0.1) is 29.3 Å². The van der Waals surface area contributed by atoms with Crippen molar-refractivity contribution in [1.82, 2.24) is 14.1 Å². The molecule has 6 nitrogen and oxygen atoms in total. The number of nitrogens with two attached hydrogens (primary N) is 2. The van der Waals surface area contributed by atoms with Crippen LogP contribution in [-0.4, -0.2) is 26.5 Å². The van der Waals surface area contributed by atoms with E-state index in [2.05, 4.69) is 26.4 Å². The number of rotatable bonds is 6. The van der Waals surface area contributed by atoms with E-state index in [9.17, 15) is 4.39 Å². The molecule has 0 aliphatic carbocycles. The Balaban J connectivity index is 1.59. The summed E-state index contributed by atoms with van der Waals surface area (Å²) in [5.74, 6) is 0.676. The largest absolute Gasteiger partial charge is 0.397 e. The second kappa shape index (κ2) is 9.08. The highest BCUT2D eigenvalue weighted by Gasteiger charge is 2.30. The zero-order valence-corrected chi connectivity index (χ0v) is 19.6. The molecular weight excluding hydrogens is 451 g/mol. The van der Waals surface area contributed by atoms with Gasteiger partial charge in [0.2, 0.25) is 0 Å². The Morgan fingerprint density at radius 2 is 2.06 bits per heavy atom. The molecule has 0 bridgehead atoms. The standard InChI is InChI=1S/C26H26ClFN6/c1-16(29)31-12-10-22(30)26-25(18-3-6-20(28)7-4-18)32-24-9-8-21(34(24)26)15-33-13-11-17-2-5-19(27)14-23(17)33/h2-7,10-14,16,21H,8-9,15,29-30H2,1H3/b22-10-,31-12?. The number of nitrogens with zero attached hydrogens (tertiary/aromatic N) is 4. The van der Waals surface area contributed by atoms with Gasteiger partial charge in [-0.2, -0.15) is 0 Å². The van der Waals surface area contributed by atoms with Crippen LogP contribution in [0.4, 0.5) is 4.39 Å². The number of allylic oxidation sites excluding steroid dienone is 1. The van der Waals surface area contributed by atoms with Gasteiger partial charge >= 0.3 is 0 Å². The lowest BCUT2D eigenvalue weighted by Crippen LogP contribution is -2.16. The van der Waals surface area contributed by atoms with Crippen molar-refractivity contribution in [3.8, 4) is 11.3 Å². The molecule has 5 rings (SSSR count). The lowest BCUT2D eigenvalue weighted by Gasteiger charge is -2.19. The van der Waals surface area contributed by atoms with Gasteiger partial charge in [-0.3, -0.25) is 4.99 Å². The van der Waals surface area contributed by atoms with Crippen molar-refractivity contribution >= 4 is 34.4 Å². The Kier molecular flexibility index (Phi) is 5.98. The maximum absolute atomic E-state index is 13.6. The molecule has 0 saturated carbocycles. The molecule has 4 aromatic rings. The molecule has 2 unspecified atom stereocenters. The summed E-state index contributed by atoms with van der Waals surface area (Å²) in [7, 11) is 0. The topological polar surface area (TPSA) is 87.2 Å². The van der Waals surface area contributed by atoms with Crippen LogP contribution in [0, 0.1) is 5.82 Å². The van der Waals surface area contributed by atoms with Gasteiger partial charge in [0.25, 0.3) is 0 Å². The lowest BCUT2D eigenvalue weighted by atomic mass is 10.1. The highest BCUT2D eigenvalue weighted by Crippen LogP contribution is 2.37. The number of fused-ring (bicyclic) bond motifs is 2. The number of hydrogen-bond donors (Lipinski definition) is 2. The van der Waals surface area contributed by atoms with Crippen molar-refractivity contribution in [2.45, 2.75) is 38.5 Å². The molecule has 1 aliphatic heterocycles. The number of aliphatic imine (C=N–C) groups is 1.